The highest BCUT2D eigenvalue weighted by Gasteiger charge is 2.07. The second-order valence-electron chi connectivity index (χ2n) is 2.83. The van der Waals surface area contributed by atoms with Crippen LogP contribution in [0.3, 0.4) is 0 Å². The van der Waals surface area contributed by atoms with Gasteiger partial charge in [0.25, 0.3) is 10.1 Å². The van der Waals surface area contributed by atoms with Gasteiger partial charge in [0.1, 0.15) is 0 Å². The Morgan fingerprint density at radius 3 is 2.21 bits per heavy atom. The molecule has 14 heavy (non-hydrogen) atoms. The lowest BCUT2D eigenvalue weighted by Crippen LogP contribution is -2.43. The molecule has 0 aromatic carbocycles. The van der Waals surface area contributed by atoms with E-state index in [1.165, 1.54) is 0 Å². The Morgan fingerprint density at radius 1 is 1.43 bits per heavy atom. The van der Waals surface area contributed by atoms with Crippen LogP contribution in [0.5, 0.6) is 0 Å². The molecular weight excluding hydrogens is 208 g/mol. The molecule has 1 aliphatic heterocycles. The quantitative estimate of drug-likeness (QED) is 0.609. The number of piperazine rings is 1. The van der Waals surface area contributed by atoms with E-state index >= 15 is 0 Å². The van der Waals surface area contributed by atoms with E-state index in [2.05, 4.69) is 5.32 Å². The monoisotopic (exact) mass is 226 g/mol. The van der Waals surface area contributed by atoms with E-state index in [-0.39, 0.29) is 0 Å². The molecule has 0 aromatic heterocycles. The van der Waals surface area contributed by atoms with Gasteiger partial charge in [-0.25, -0.2) is 0 Å². The lowest BCUT2D eigenvalue weighted by molar-refractivity contribution is -0.159. The molecule has 0 aliphatic carbocycles. The van der Waals surface area contributed by atoms with Gasteiger partial charge in [-0.2, -0.15) is 13.5 Å². The molecule has 1 fully saturated rings. The van der Waals surface area contributed by atoms with Crippen LogP contribution in [-0.2, 0) is 15.0 Å². The van der Waals surface area contributed by atoms with Crippen LogP contribution in [0.2, 0.25) is 0 Å². The van der Waals surface area contributed by atoms with E-state index in [4.69, 9.17) is 9.39 Å². The summed E-state index contributed by atoms with van der Waals surface area (Å²) in [6.07, 6.45) is 0.715. The Kier molecular flexibility index (Phi) is 7.02. The summed E-state index contributed by atoms with van der Waals surface area (Å²) in [7, 11) is -3.67. The zero-order valence-corrected chi connectivity index (χ0v) is 9.38. The minimum Gasteiger partial charge on any atom is -0.314 e. The van der Waals surface area contributed by atoms with Crippen LogP contribution >= 0.6 is 0 Å². The van der Waals surface area contributed by atoms with Crippen molar-refractivity contribution in [1.82, 2.24) is 10.4 Å². The molecule has 1 rings (SSSR count). The lowest BCUT2D eigenvalue weighted by Gasteiger charge is -2.25. The first-order chi connectivity index (χ1) is 6.43. The predicted molar refractivity (Wildman–Crippen MR) is 53.5 cm³/mol. The molecule has 0 spiro atoms. The number of hydrogen-bond donors (Lipinski definition) is 2. The number of nitrogens with one attached hydrogen (secondary N) is 1. The Morgan fingerprint density at radius 2 is 1.86 bits per heavy atom. The number of hydroxylamine groups is 2. The van der Waals surface area contributed by atoms with Crippen LogP contribution in [0, 0.1) is 0 Å². The van der Waals surface area contributed by atoms with Crippen molar-refractivity contribution in [3.05, 3.63) is 0 Å². The van der Waals surface area contributed by atoms with Gasteiger partial charge in [-0.05, 0) is 6.92 Å². The van der Waals surface area contributed by atoms with Crippen LogP contribution < -0.4 is 5.32 Å². The third-order valence-corrected chi connectivity index (χ3v) is 1.39. The van der Waals surface area contributed by atoms with Crippen LogP contribution in [0.15, 0.2) is 0 Å². The molecule has 1 aliphatic rings. The maximum absolute atomic E-state index is 9.19. The van der Waals surface area contributed by atoms with Gasteiger partial charge in [0.2, 0.25) is 0 Å². The molecule has 0 amide bonds. The van der Waals surface area contributed by atoms with Gasteiger partial charge < -0.3 is 5.32 Å². The molecule has 86 valence electrons. The molecule has 0 radical (unpaired) electrons. The maximum atomic E-state index is 9.19. The lowest BCUT2D eigenvalue weighted by atomic mass is 10.4. The molecule has 1 saturated heterocycles. The zero-order valence-electron chi connectivity index (χ0n) is 8.56. The van der Waals surface area contributed by atoms with E-state index in [9.17, 15) is 8.42 Å². The van der Waals surface area contributed by atoms with E-state index in [0.29, 0.717) is 6.26 Å². The summed E-state index contributed by atoms with van der Waals surface area (Å²) >= 11 is 0. The van der Waals surface area contributed by atoms with E-state index in [1.54, 1.807) is 0 Å². The van der Waals surface area contributed by atoms with Crippen molar-refractivity contribution < 1.29 is 17.8 Å². The summed E-state index contributed by atoms with van der Waals surface area (Å²) < 4.78 is 25.9. The summed E-state index contributed by atoms with van der Waals surface area (Å²) in [5.74, 6) is 0. The van der Waals surface area contributed by atoms with Crippen molar-refractivity contribution in [3.63, 3.8) is 0 Å². The summed E-state index contributed by atoms with van der Waals surface area (Å²) in [5, 5.41) is 5.26. The first kappa shape index (κ1) is 13.8. The van der Waals surface area contributed by atoms with Gasteiger partial charge in [-0.1, -0.05) is 0 Å². The number of rotatable bonds is 2. The third kappa shape index (κ3) is 11.8. The van der Waals surface area contributed by atoms with Crippen molar-refractivity contribution in [2.24, 2.45) is 0 Å². The molecule has 0 unspecified atom stereocenters. The van der Waals surface area contributed by atoms with Gasteiger partial charge in [0, 0.05) is 26.2 Å². The van der Waals surface area contributed by atoms with Crippen molar-refractivity contribution in [2.45, 2.75) is 6.92 Å². The standard InChI is InChI=1S/C6H14N2O.CH4O3S/c1-2-9-8-5-3-7-4-6-8;1-5(2,3)4/h7H,2-6H2,1H3;1H3,(H,2,3,4). The minimum atomic E-state index is -3.67. The topological polar surface area (TPSA) is 78.9 Å². The van der Waals surface area contributed by atoms with Crippen LogP contribution in [0.25, 0.3) is 0 Å². The Bertz CT molecular complexity index is 213. The van der Waals surface area contributed by atoms with Gasteiger partial charge in [-0.15, -0.1) is 0 Å². The van der Waals surface area contributed by atoms with Gasteiger partial charge >= 0.3 is 0 Å². The first-order valence-corrected chi connectivity index (χ1v) is 6.29. The van der Waals surface area contributed by atoms with E-state index in [1.807, 2.05) is 12.0 Å². The second-order valence-corrected chi connectivity index (χ2v) is 4.30. The van der Waals surface area contributed by atoms with Gasteiger partial charge in [0.15, 0.2) is 0 Å². The molecule has 2 N–H and O–H groups in total. The largest absolute Gasteiger partial charge is 0.314 e. The summed E-state index contributed by atoms with van der Waals surface area (Å²) in [6, 6.07) is 0. The highest BCUT2D eigenvalue weighted by atomic mass is 32.2. The van der Waals surface area contributed by atoms with Crippen molar-refractivity contribution in [3.8, 4) is 0 Å². The number of hydrogen-bond acceptors (Lipinski definition) is 5. The number of nitrogens with zero attached hydrogens (tertiary/aromatic N) is 1. The summed E-state index contributed by atoms with van der Waals surface area (Å²) in [5.41, 5.74) is 0. The summed E-state index contributed by atoms with van der Waals surface area (Å²) in [6.45, 7) is 6.96. The molecule has 6 nitrogen and oxygen atoms in total. The highest BCUT2D eigenvalue weighted by Crippen LogP contribution is 1.91. The Labute approximate surface area is 84.9 Å². The Hall–Kier alpha value is -0.210. The van der Waals surface area contributed by atoms with Crippen LogP contribution in [-0.4, -0.2) is 57.1 Å². The van der Waals surface area contributed by atoms with E-state index in [0.717, 1.165) is 32.8 Å². The molecule has 0 atom stereocenters. The van der Waals surface area contributed by atoms with Crippen molar-refractivity contribution >= 4 is 10.1 Å². The third-order valence-electron chi connectivity index (χ3n) is 1.39. The van der Waals surface area contributed by atoms with Gasteiger partial charge in [0.05, 0.1) is 12.9 Å². The summed E-state index contributed by atoms with van der Waals surface area (Å²) in [4.78, 5) is 5.28. The minimum absolute atomic E-state index is 0.715. The first-order valence-electron chi connectivity index (χ1n) is 4.44. The maximum Gasteiger partial charge on any atom is 0.261 e. The second kappa shape index (κ2) is 7.13. The van der Waals surface area contributed by atoms with Crippen LogP contribution in [0.4, 0.5) is 0 Å². The molecule has 1 heterocycles. The molecule has 0 saturated carbocycles. The molecular formula is C7H18N2O4S. The van der Waals surface area contributed by atoms with Crippen molar-refractivity contribution in [1.29, 1.82) is 0 Å². The fourth-order valence-electron chi connectivity index (χ4n) is 0.956. The van der Waals surface area contributed by atoms with Gasteiger partial charge in [-0.3, -0.25) is 9.39 Å². The molecule has 0 aromatic rings. The fourth-order valence-corrected chi connectivity index (χ4v) is 0.956. The average molecular weight is 226 g/mol. The predicted octanol–water partition coefficient (Wildman–Crippen LogP) is -0.653. The highest BCUT2D eigenvalue weighted by molar-refractivity contribution is 7.85. The smallest absolute Gasteiger partial charge is 0.261 e. The molecule has 7 heteroatoms. The Balaban J connectivity index is 0.000000292. The van der Waals surface area contributed by atoms with E-state index < -0.39 is 10.1 Å². The SMILES string of the molecule is CCON1CCNCC1.CS(=O)(=O)O. The zero-order chi connectivity index (χ0) is 11.0. The average Bonchev–Trinajstić information content (AvgIpc) is 2.03. The van der Waals surface area contributed by atoms with Crippen molar-refractivity contribution in [2.75, 3.05) is 39.0 Å². The fraction of sp³-hybridized carbons (Fsp3) is 1.00. The van der Waals surface area contributed by atoms with Crippen LogP contribution in [0.1, 0.15) is 6.92 Å². The normalized spacial score (nSPS) is 18.5. The molecule has 0 bridgehead atoms.